The number of piperidine rings is 1. The molecule has 0 N–H and O–H groups in total. The zero-order valence-electron chi connectivity index (χ0n) is 12.1. The fraction of sp³-hybridized carbons (Fsp3) is 0.333. The predicted octanol–water partition coefficient (Wildman–Crippen LogP) is 5.12. The van der Waals surface area contributed by atoms with Crippen LogP contribution in [-0.4, -0.2) is 18.0 Å². The van der Waals surface area contributed by atoms with E-state index in [1.54, 1.807) is 0 Å². The van der Waals surface area contributed by atoms with Crippen LogP contribution >= 0.6 is 11.6 Å². The molecule has 0 aliphatic carbocycles. The fourth-order valence-electron chi connectivity index (χ4n) is 2.72. The summed E-state index contributed by atoms with van der Waals surface area (Å²) in [6.07, 6.45) is 4.01. The Morgan fingerprint density at radius 3 is 2.43 bits per heavy atom. The highest BCUT2D eigenvalue weighted by Gasteiger charge is 2.10. The Bertz CT molecular complexity index is 576. The van der Waals surface area contributed by atoms with Crippen molar-refractivity contribution in [3.05, 3.63) is 59.1 Å². The molecule has 1 aliphatic heterocycles. The number of hydrogen-bond acceptors (Lipinski definition) is 2. The van der Waals surface area contributed by atoms with Crippen LogP contribution in [0, 0.1) is 0 Å². The third-order valence-electron chi connectivity index (χ3n) is 3.80. The van der Waals surface area contributed by atoms with Gasteiger partial charge < -0.3 is 4.74 Å². The number of nitrogens with zero attached hydrogens (tertiary/aromatic N) is 1. The molecule has 0 spiro atoms. The van der Waals surface area contributed by atoms with Gasteiger partial charge in [0.25, 0.3) is 0 Å². The van der Waals surface area contributed by atoms with Crippen LogP contribution in [-0.2, 0) is 6.54 Å². The highest BCUT2D eigenvalue weighted by Crippen LogP contribution is 2.24. The van der Waals surface area contributed by atoms with Crippen LogP contribution in [0.2, 0.25) is 5.02 Å². The first-order chi connectivity index (χ1) is 10.3. The summed E-state index contributed by atoms with van der Waals surface area (Å²) >= 11 is 5.89. The lowest BCUT2D eigenvalue weighted by Crippen LogP contribution is -2.29. The van der Waals surface area contributed by atoms with E-state index in [1.165, 1.54) is 37.9 Å². The van der Waals surface area contributed by atoms with Gasteiger partial charge >= 0.3 is 0 Å². The largest absolute Gasteiger partial charge is 0.457 e. The molecule has 2 aromatic carbocycles. The van der Waals surface area contributed by atoms with Gasteiger partial charge in [0.15, 0.2) is 0 Å². The van der Waals surface area contributed by atoms with Crippen molar-refractivity contribution in [3.8, 4) is 11.5 Å². The molecule has 110 valence electrons. The molecule has 21 heavy (non-hydrogen) atoms. The number of halogens is 1. The topological polar surface area (TPSA) is 12.5 Å². The van der Waals surface area contributed by atoms with E-state index in [9.17, 15) is 0 Å². The summed E-state index contributed by atoms with van der Waals surface area (Å²) in [6.45, 7) is 3.43. The number of likely N-dealkylation sites (tertiary alicyclic amines) is 1. The molecule has 1 fully saturated rings. The lowest BCUT2D eigenvalue weighted by molar-refractivity contribution is 0.220. The van der Waals surface area contributed by atoms with E-state index in [0.717, 1.165) is 23.1 Å². The van der Waals surface area contributed by atoms with Crippen LogP contribution < -0.4 is 4.74 Å². The fourth-order valence-corrected chi connectivity index (χ4v) is 2.85. The van der Waals surface area contributed by atoms with E-state index < -0.39 is 0 Å². The Morgan fingerprint density at radius 1 is 0.905 bits per heavy atom. The minimum absolute atomic E-state index is 0.723. The molecule has 0 saturated carbocycles. The summed E-state index contributed by atoms with van der Waals surface area (Å²) in [5, 5.41) is 0.723. The third kappa shape index (κ3) is 4.23. The molecule has 0 unspecified atom stereocenters. The lowest BCUT2D eigenvalue weighted by atomic mass is 10.1. The SMILES string of the molecule is Clc1ccc(Oc2cccc(CN3CCCCC3)c2)cc1. The van der Waals surface area contributed by atoms with Crippen molar-refractivity contribution >= 4 is 11.6 Å². The molecule has 3 heteroatoms. The predicted molar refractivity (Wildman–Crippen MR) is 87.1 cm³/mol. The van der Waals surface area contributed by atoms with Crippen LogP contribution in [0.3, 0.4) is 0 Å². The molecule has 0 radical (unpaired) electrons. The summed E-state index contributed by atoms with van der Waals surface area (Å²) in [4.78, 5) is 2.52. The van der Waals surface area contributed by atoms with E-state index in [4.69, 9.17) is 16.3 Å². The minimum Gasteiger partial charge on any atom is -0.457 e. The summed E-state index contributed by atoms with van der Waals surface area (Å²) in [7, 11) is 0. The van der Waals surface area contributed by atoms with E-state index >= 15 is 0 Å². The number of ether oxygens (including phenoxy) is 1. The lowest BCUT2D eigenvalue weighted by Gasteiger charge is -2.26. The molecule has 1 heterocycles. The molecule has 0 aromatic heterocycles. The molecule has 2 aromatic rings. The molecule has 1 aliphatic rings. The van der Waals surface area contributed by atoms with Crippen molar-refractivity contribution in [2.45, 2.75) is 25.8 Å². The molecular formula is C18H20ClNO. The van der Waals surface area contributed by atoms with Crippen LogP contribution in [0.15, 0.2) is 48.5 Å². The first-order valence-electron chi connectivity index (χ1n) is 7.54. The van der Waals surface area contributed by atoms with Gasteiger partial charge in [-0.25, -0.2) is 0 Å². The maximum Gasteiger partial charge on any atom is 0.127 e. The Labute approximate surface area is 131 Å². The zero-order valence-corrected chi connectivity index (χ0v) is 12.9. The molecule has 0 bridgehead atoms. The van der Waals surface area contributed by atoms with E-state index in [2.05, 4.69) is 23.1 Å². The quantitative estimate of drug-likeness (QED) is 0.777. The maximum atomic E-state index is 5.89. The van der Waals surface area contributed by atoms with Gasteiger partial charge in [0.1, 0.15) is 11.5 Å². The second-order valence-electron chi connectivity index (χ2n) is 5.54. The summed E-state index contributed by atoms with van der Waals surface area (Å²) in [6, 6.07) is 15.8. The second kappa shape index (κ2) is 6.97. The maximum absolute atomic E-state index is 5.89. The van der Waals surface area contributed by atoms with Crippen molar-refractivity contribution in [2.24, 2.45) is 0 Å². The highest BCUT2D eigenvalue weighted by atomic mass is 35.5. The Morgan fingerprint density at radius 2 is 1.67 bits per heavy atom. The third-order valence-corrected chi connectivity index (χ3v) is 4.05. The second-order valence-corrected chi connectivity index (χ2v) is 5.98. The first-order valence-corrected chi connectivity index (χ1v) is 7.92. The number of hydrogen-bond donors (Lipinski definition) is 0. The molecular weight excluding hydrogens is 282 g/mol. The normalized spacial score (nSPS) is 15.9. The van der Waals surface area contributed by atoms with Crippen molar-refractivity contribution in [3.63, 3.8) is 0 Å². The summed E-state index contributed by atoms with van der Waals surface area (Å²) in [5.74, 6) is 1.70. The summed E-state index contributed by atoms with van der Waals surface area (Å²) < 4.78 is 5.89. The Hall–Kier alpha value is -1.51. The number of rotatable bonds is 4. The minimum atomic E-state index is 0.723. The standard InChI is InChI=1S/C18H20ClNO/c19-16-7-9-17(10-8-16)21-18-6-4-5-15(13-18)14-20-11-2-1-3-12-20/h4-10,13H,1-3,11-12,14H2. The van der Waals surface area contributed by atoms with Crippen molar-refractivity contribution in [2.75, 3.05) is 13.1 Å². The first kappa shape index (κ1) is 14.4. The van der Waals surface area contributed by atoms with Gasteiger partial charge in [-0.3, -0.25) is 4.90 Å². The average Bonchev–Trinajstić information content (AvgIpc) is 2.51. The van der Waals surface area contributed by atoms with Crippen molar-refractivity contribution < 1.29 is 4.74 Å². The smallest absolute Gasteiger partial charge is 0.127 e. The molecule has 0 amide bonds. The van der Waals surface area contributed by atoms with Crippen LogP contribution in [0.4, 0.5) is 0 Å². The van der Waals surface area contributed by atoms with Gasteiger partial charge in [0, 0.05) is 11.6 Å². The van der Waals surface area contributed by atoms with Gasteiger partial charge in [0.2, 0.25) is 0 Å². The van der Waals surface area contributed by atoms with Gasteiger partial charge in [0.05, 0.1) is 0 Å². The Balaban J connectivity index is 1.66. The van der Waals surface area contributed by atoms with Gasteiger partial charge in [-0.2, -0.15) is 0 Å². The zero-order chi connectivity index (χ0) is 14.5. The summed E-state index contributed by atoms with van der Waals surface area (Å²) in [5.41, 5.74) is 1.31. The van der Waals surface area contributed by atoms with Gasteiger partial charge in [-0.05, 0) is 67.9 Å². The van der Waals surface area contributed by atoms with Crippen molar-refractivity contribution in [1.82, 2.24) is 4.90 Å². The van der Waals surface area contributed by atoms with Crippen LogP contribution in [0.25, 0.3) is 0 Å². The van der Waals surface area contributed by atoms with E-state index in [0.29, 0.717) is 0 Å². The molecule has 1 saturated heterocycles. The van der Waals surface area contributed by atoms with E-state index in [1.807, 2.05) is 30.3 Å². The van der Waals surface area contributed by atoms with Crippen LogP contribution in [0.1, 0.15) is 24.8 Å². The molecule has 3 rings (SSSR count). The molecule has 0 atom stereocenters. The number of benzene rings is 2. The van der Waals surface area contributed by atoms with Gasteiger partial charge in [-0.15, -0.1) is 0 Å². The van der Waals surface area contributed by atoms with Crippen molar-refractivity contribution in [1.29, 1.82) is 0 Å². The van der Waals surface area contributed by atoms with E-state index in [-0.39, 0.29) is 0 Å². The molecule has 2 nitrogen and oxygen atoms in total. The average molecular weight is 302 g/mol. The monoisotopic (exact) mass is 301 g/mol. The van der Waals surface area contributed by atoms with Gasteiger partial charge in [-0.1, -0.05) is 30.2 Å². The van der Waals surface area contributed by atoms with Crippen LogP contribution in [0.5, 0.6) is 11.5 Å². The highest BCUT2D eigenvalue weighted by molar-refractivity contribution is 6.30. The Kier molecular flexibility index (Phi) is 4.79.